The molecule has 0 amide bonds. The predicted molar refractivity (Wildman–Crippen MR) is 41.6 cm³/mol. The standard InChI is InChI=1S/C9H11FO3/c1-2-13-9(12)7-4-3-5(10)8(11)6(4)7/h4-7H,2-3H2,1H3/t4-,5-,6+,7+/m1/s1. The van der Waals surface area contributed by atoms with Gasteiger partial charge in [-0.15, -0.1) is 0 Å². The van der Waals surface area contributed by atoms with Crippen molar-refractivity contribution in [3.05, 3.63) is 0 Å². The van der Waals surface area contributed by atoms with E-state index in [2.05, 4.69) is 0 Å². The summed E-state index contributed by atoms with van der Waals surface area (Å²) in [6.45, 7) is 2.04. The van der Waals surface area contributed by atoms with Crippen LogP contribution in [0.2, 0.25) is 0 Å². The third kappa shape index (κ3) is 1.16. The van der Waals surface area contributed by atoms with Crippen LogP contribution in [0.15, 0.2) is 0 Å². The molecule has 2 aliphatic rings. The molecule has 0 bridgehead atoms. The number of halogens is 1. The second kappa shape index (κ2) is 2.79. The summed E-state index contributed by atoms with van der Waals surface area (Å²) >= 11 is 0. The quantitative estimate of drug-likeness (QED) is 0.597. The monoisotopic (exact) mass is 186 g/mol. The Bertz CT molecular complexity index is 264. The van der Waals surface area contributed by atoms with Gasteiger partial charge in [0, 0.05) is 5.92 Å². The van der Waals surface area contributed by atoms with E-state index in [4.69, 9.17) is 4.74 Å². The van der Waals surface area contributed by atoms with Crippen LogP contribution in [0.25, 0.3) is 0 Å². The molecule has 3 nitrogen and oxygen atoms in total. The molecule has 0 aliphatic heterocycles. The number of hydrogen-bond acceptors (Lipinski definition) is 3. The van der Waals surface area contributed by atoms with E-state index in [1.54, 1.807) is 6.92 Å². The van der Waals surface area contributed by atoms with Crippen molar-refractivity contribution >= 4 is 11.8 Å². The van der Waals surface area contributed by atoms with E-state index in [0.717, 1.165) is 0 Å². The van der Waals surface area contributed by atoms with Crippen molar-refractivity contribution in [1.29, 1.82) is 0 Å². The van der Waals surface area contributed by atoms with Crippen molar-refractivity contribution in [3.63, 3.8) is 0 Å². The average Bonchev–Trinajstić information content (AvgIpc) is 2.70. The lowest BCUT2D eigenvalue weighted by atomic mass is 10.1. The second-order valence-corrected chi connectivity index (χ2v) is 3.57. The lowest BCUT2D eigenvalue weighted by Crippen LogP contribution is -2.19. The summed E-state index contributed by atoms with van der Waals surface area (Å²) in [7, 11) is 0. The third-order valence-electron chi connectivity index (χ3n) is 2.84. The molecule has 0 unspecified atom stereocenters. The number of hydrogen-bond donors (Lipinski definition) is 0. The molecule has 4 atom stereocenters. The molecule has 0 saturated heterocycles. The molecular weight excluding hydrogens is 175 g/mol. The van der Waals surface area contributed by atoms with Crippen LogP contribution >= 0.6 is 0 Å². The second-order valence-electron chi connectivity index (χ2n) is 3.57. The molecule has 72 valence electrons. The number of ether oxygens (including phenoxy) is 1. The van der Waals surface area contributed by atoms with Crippen LogP contribution < -0.4 is 0 Å². The minimum Gasteiger partial charge on any atom is -0.466 e. The van der Waals surface area contributed by atoms with Gasteiger partial charge in [-0.25, -0.2) is 4.39 Å². The fourth-order valence-electron chi connectivity index (χ4n) is 2.18. The molecule has 4 heteroatoms. The van der Waals surface area contributed by atoms with E-state index in [-0.39, 0.29) is 30.1 Å². The number of ketones is 1. The highest BCUT2D eigenvalue weighted by Gasteiger charge is 2.66. The van der Waals surface area contributed by atoms with E-state index in [9.17, 15) is 14.0 Å². The van der Waals surface area contributed by atoms with Crippen molar-refractivity contribution in [2.75, 3.05) is 6.61 Å². The van der Waals surface area contributed by atoms with Gasteiger partial charge in [-0.3, -0.25) is 9.59 Å². The van der Waals surface area contributed by atoms with Crippen molar-refractivity contribution in [1.82, 2.24) is 0 Å². The normalized spacial score (nSPS) is 41.5. The number of rotatable bonds is 2. The summed E-state index contributed by atoms with van der Waals surface area (Å²) in [5.41, 5.74) is 0. The molecule has 2 fully saturated rings. The highest BCUT2D eigenvalue weighted by molar-refractivity contribution is 5.97. The van der Waals surface area contributed by atoms with Crippen molar-refractivity contribution in [2.24, 2.45) is 17.8 Å². The molecule has 0 aromatic carbocycles. The Balaban J connectivity index is 1.96. The molecule has 0 aromatic rings. The zero-order valence-corrected chi connectivity index (χ0v) is 7.33. The molecule has 2 aliphatic carbocycles. The molecule has 0 aromatic heterocycles. The maximum Gasteiger partial charge on any atom is 0.309 e. The first-order valence-corrected chi connectivity index (χ1v) is 4.51. The van der Waals surface area contributed by atoms with Gasteiger partial charge in [0.1, 0.15) is 0 Å². The van der Waals surface area contributed by atoms with Crippen LogP contribution in [0.4, 0.5) is 4.39 Å². The number of Topliss-reactive ketones (excluding diaryl/α,β-unsaturated/α-hetero) is 1. The van der Waals surface area contributed by atoms with E-state index in [1.807, 2.05) is 0 Å². The SMILES string of the molecule is CCOC(=O)[C@H]1[C@@H]2C[C@@H](F)C(=O)[C@@H]21. The fraction of sp³-hybridized carbons (Fsp3) is 0.778. The minimum atomic E-state index is -1.33. The first-order chi connectivity index (χ1) is 6.16. The van der Waals surface area contributed by atoms with Crippen LogP contribution in [0.5, 0.6) is 0 Å². The van der Waals surface area contributed by atoms with Gasteiger partial charge in [-0.05, 0) is 19.3 Å². The summed E-state index contributed by atoms with van der Waals surface area (Å²) in [5.74, 6) is -1.50. The van der Waals surface area contributed by atoms with Gasteiger partial charge in [-0.1, -0.05) is 0 Å². The van der Waals surface area contributed by atoms with E-state index < -0.39 is 12.0 Å². The first-order valence-electron chi connectivity index (χ1n) is 4.51. The van der Waals surface area contributed by atoms with E-state index >= 15 is 0 Å². The number of esters is 1. The smallest absolute Gasteiger partial charge is 0.309 e. The maximum atomic E-state index is 12.7. The highest BCUT2D eigenvalue weighted by Crippen LogP contribution is 2.56. The maximum absolute atomic E-state index is 12.7. The summed E-state index contributed by atoms with van der Waals surface area (Å²) in [4.78, 5) is 22.3. The van der Waals surface area contributed by atoms with Gasteiger partial charge < -0.3 is 4.74 Å². The van der Waals surface area contributed by atoms with Gasteiger partial charge >= 0.3 is 5.97 Å². The number of carbonyl (C=O) groups is 2. The first kappa shape index (κ1) is 8.66. The molecule has 2 saturated carbocycles. The number of fused-ring (bicyclic) bond motifs is 1. The Morgan fingerprint density at radius 2 is 2.38 bits per heavy atom. The number of alkyl halides is 1. The van der Waals surface area contributed by atoms with Crippen LogP contribution in [0.1, 0.15) is 13.3 Å². The Labute approximate surface area is 75.2 Å². The summed E-state index contributed by atoms with van der Waals surface area (Å²) in [6.07, 6.45) is -1.12. The van der Waals surface area contributed by atoms with Crippen LogP contribution in [0, 0.1) is 17.8 Å². The van der Waals surface area contributed by atoms with Crippen molar-refractivity contribution in [2.45, 2.75) is 19.5 Å². The van der Waals surface area contributed by atoms with Crippen molar-refractivity contribution < 1.29 is 18.7 Å². The topological polar surface area (TPSA) is 43.4 Å². The molecular formula is C9H11FO3. The Morgan fingerprint density at radius 3 is 2.85 bits per heavy atom. The van der Waals surface area contributed by atoms with Crippen LogP contribution in [0.3, 0.4) is 0 Å². The van der Waals surface area contributed by atoms with Gasteiger partial charge in [0.15, 0.2) is 12.0 Å². The Kier molecular flexibility index (Phi) is 1.86. The molecule has 0 radical (unpaired) electrons. The lowest BCUT2D eigenvalue weighted by Gasteiger charge is -2.04. The summed E-state index contributed by atoms with van der Waals surface area (Å²) < 4.78 is 17.5. The largest absolute Gasteiger partial charge is 0.466 e. The average molecular weight is 186 g/mol. The zero-order chi connectivity index (χ0) is 9.59. The minimum absolute atomic E-state index is 0.0680. The van der Waals surface area contributed by atoms with E-state index in [1.165, 1.54) is 0 Å². The molecule has 0 spiro atoms. The predicted octanol–water partition coefficient (Wildman–Crippen LogP) is 0.723. The molecule has 0 heterocycles. The summed E-state index contributed by atoms with van der Waals surface area (Å²) in [6, 6.07) is 0. The zero-order valence-electron chi connectivity index (χ0n) is 7.33. The van der Waals surface area contributed by atoms with Gasteiger partial charge in [-0.2, -0.15) is 0 Å². The van der Waals surface area contributed by atoms with Gasteiger partial charge in [0.2, 0.25) is 0 Å². The van der Waals surface area contributed by atoms with E-state index in [0.29, 0.717) is 6.61 Å². The lowest BCUT2D eigenvalue weighted by molar-refractivity contribution is -0.146. The van der Waals surface area contributed by atoms with Crippen LogP contribution in [-0.2, 0) is 14.3 Å². The molecule has 13 heavy (non-hydrogen) atoms. The van der Waals surface area contributed by atoms with Crippen molar-refractivity contribution in [3.8, 4) is 0 Å². The Hall–Kier alpha value is -0.930. The Morgan fingerprint density at radius 1 is 1.69 bits per heavy atom. The van der Waals surface area contributed by atoms with Gasteiger partial charge in [0.25, 0.3) is 0 Å². The molecule has 2 rings (SSSR count). The highest BCUT2D eigenvalue weighted by atomic mass is 19.1. The fourth-order valence-corrected chi connectivity index (χ4v) is 2.18. The van der Waals surface area contributed by atoms with Crippen LogP contribution in [-0.4, -0.2) is 24.5 Å². The third-order valence-corrected chi connectivity index (χ3v) is 2.84. The number of carbonyl (C=O) groups excluding carboxylic acids is 2. The molecule has 0 N–H and O–H groups in total. The summed E-state index contributed by atoms with van der Waals surface area (Å²) in [5, 5.41) is 0. The van der Waals surface area contributed by atoms with Gasteiger partial charge in [0.05, 0.1) is 12.5 Å².